The van der Waals surface area contributed by atoms with Gasteiger partial charge in [-0.2, -0.15) is 26.3 Å². The normalized spacial score (nSPS) is 12.8. The van der Waals surface area contributed by atoms with E-state index in [0.29, 0.717) is 0 Å². The quantitative estimate of drug-likeness (QED) is 0.460. The summed E-state index contributed by atoms with van der Waals surface area (Å²) in [5.74, 6) is 0. The molecule has 14 heavy (non-hydrogen) atoms. The molecule has 0 rings (SSSR count). The third-order valence-electron chi connectivity index (χ3n) is 1.01. The maximum absolute atomic E-state index is 11.7. The molecule has 0 unspecified atom stereocenters. The van der Waals surface area contributed by atoms with Crippen molar-refractivity contribution in [2.75, 3.05) is 13.1 Å². The van der Waals surface area contributed by atoms with Crippen molar-refractivity contribution in [3.8, 4) is 0 Å². The van der Waals surface area contributed by atoms with Gasteiger partial charge in [0.2, 0.25) is 0 Å². The molecule has 0 amide bonds. The van der Waals surface area contributed by atoms with Gasteiger partial charge >= 0.3 is 12.4 Å². The van der Waals surface area contributed by atoms with Crippen molar-refractivity contribution in [1.82, 2.24) is 4.90 Å². The summed E-state index contributed by atoms with van der Waals surface area (Å²) in [7, 11) is 0. The lowest BCUT2D eigenvalue weighted by Gasteiger charge is -2.24. The summed E-state index contributed by atoms with van der Waals surface area (Å²) in [5, 5.41) is 0. The van der Waals surface area contributed by atoms with E-state index in [9.17, 15) is 26.3 Å². The van der Waals surface area contributed by atoms with Crippen LogP contribution >= 0.6 is 24.8 Å². The first-order valence-corrected chi connectivity index (χ1v) is 3.98. The predicted octanol–water partition coefficient (Wildman–Crippen LogP) is 2.63. The van der Waals surface area contributed by atoms with Crippen LogP contribution in [0.15, 0.2) is 0 Å². The predicted molar refractivity (Wildman–Crippen MR) is 45.3 cm³/mol. The van der Waals surface area contributed by atoms with Gasteiger partial charge < -0.3 is 4.90 Å². The van der Waals surface area contributed by atoms with Crippen molar-refractivity contribution < 1.29 is 26.3 Å². The molecule has 0 bridgehead atoms. The Morgan fingerprint density at radius 2 is 1.29 bits per heavy atom. The molecule has 0 saturated carbocycles. The van der Waals surface area contributed by atoms with Gasteiger partial charge in [0.15, 0.2) is 0 Å². The highest BCUT2D eigenvalue weighted by Gasteiger charge is 2.37. The van der Waals surface area contributed by atoms with Crippen LogP contribution in [0.5, 0.6) is 0 Å². The Hall–Kier alpha value is -0.180. The first-order valence-electron chi connectivity index (χ1n) is 3.12. The fraction of sp³-hybridized carbons (Fsp3) is 0.800. The zero-order valence-electron chi connectivity index (χ0n) is 6.48. The van der Waals surface area contributed by atoms with E-state index in [2.05, 4.69) is 24.8 Å². The van der Waals surface area contributed by atoms with Gasteiger partial charge in [0.05, 0.1) is 0 Å². The molecule has 1 nitrogen and oxygen atoms in total. The van der Waals surface area contributed by atoms with E-state index >= 15 is 0 Å². The molecule has 0 saturated heterocycles. The molecule has 0 aromatic heterocycles. The number of halogens is 6. The highest BCUT2D eigenvalue weighted by atomic mass is 32.1. The van der Waals surface area contributed by atoms with Crippen molar-refractivity contribution in [3.63, 3.8) is 0 Å². The van der Waals surface area contributed by atoms with Gasteiger partial charge in [-0.25, -0.2) is 0 Å². The third-order valence-corrected chi connectivity index (χ3v) is 1.55. The Morgan fingerprint density at radius 1 is 1.00 bits per heavy atom. The number of hydrogen-bond donors (Lipinski definition) is 1. The average molecular weight is 257 g/mol. The number of alkyl halides is 6. The fourth-order valence-electron chi connectivity index (χ4n) is 0.624. The molecule has 9 heteroatoms. The van der Waals surface area contributed by atoms with Crippen LogP contribution in [0.3, 0.4) is 0 Å². The molecule has 0 spiro atoms. The zero-order chi connectivity index (χ0) is 11.6. The van der Waals surface area contributed by atoms with Crippen LogP contribution < -0.4 is 0 Å². The lowest BCUT2D eigenvalue weighted by atomic mass is 10.5. The van der Waals surface area contributed by atoms with Gasteiger partial charge in [-0.05, 0) is 0 Å². The van der Waals surface area contributed by atoms with Gasteiger partial charge in [0.25, 0.3) is 0 Å². The van der Waals surface area contributed by atoms with E-state index in [1.165, 1.54) is 0 Å². The van der Waals surface area contributed by atoms with Crippen molar-refractivity contribution >= 4 is 29.2 Å². The largest absolute Gasteiger partial charge is 0.405 e. The van der Waals surface area contributed by atoms with Crippen LogP contribution in [0.4, 0.5) is 26.3 Å². The minimum atomic E-state index is -4.74. The fourth-order valence-corrected chi connectivity index (χ4v) is 0.895. The average Bonchev–Trinajstić information content (AvgIpc) is 1.78. The van der Waals surface area contributed by atoms with E-state index in [1.807, 2.05) is 0 Å². The molecule has 0 aromatic rings. The molecule has 0 aliphatic rings. The SMILES string of the molecule is FC(F)(F)CN(CC(F)(F)F)C(=S)S. The molecule has 0 heterocycles. The van der Waals surface area contributed by atoms with Gasteiger partial charge in [-0.15, -0.1) is 12.6 Å². The molecule has 0 aliphatic heterocycles. The van der Waals surface area contributed by atoms with Crippen molar-refractivity contribution in [2.45, 2.75) is 12.4 Å². The minimum absolute atomic E-state index is 0.0710. The Balaban J connectivity index is 4.40. The first-order chi connectivity index (χ1) is 6.01. The second-order valence-electron chi connectivity index (χ2n) is 2.37. The minimum Gasteiger partial charge on any atom is -0.340 e. The molecule has 0 aliphatic carbocycles. The van der Waals surface area contributed by atoms with E-state index in [1.54, 1.807) is 0 Å². The summed E-state index contributed by atoms with van der Waals surface area (Å²) < 4.78 is 69.7. The molecular formula is C5H5F6NS2. The summed E-state index contributed by atoms with van der Waals surface area (Å²) in [5.41, 5.74) is 0. The molecular weight excluding hydrogens is 252 g/mol. The van der Waals surface area contributed by atoms with Gasteiger partial charge in [-0.3, -0.25) is 0 Å². The van der Waals surface area contributed by atoms with Gasteiger partial charge in [-0.1, -0.05) is 12.2 Å². The molecule has 84 valence electrons. The van der Waals surface area contributed by atoms with Crippen LogP contribution in [-0.4, -0.2) is 34.7 Å². The van der Waals surface area contributed by atoms with Crippen LogP contribution in [0.1, 0.15) is 0 Å². The summed E-state index contributed by atoms with van der Waals surface area (Å²) in [6.45, 7) is -3.51. The van der Waals surface area contributed by atoms with Crippen molar-refractivity contribution in [1.29, 1.82) is 0 Å². The first kappa shape index (κ1) is 13.8. The number of nitrogens with zero attached hydrogens (tertiary/aromatic N) is 1. The highest BCUT2D eigenvalue weighted by molar-refractivity contribution is 8.10. The van der Waals surface area contributed by atoms with E-state index in [0.717, 1.165) is 0 Å². The number of rotatable bonds is 2. The Kier molecular flexibility index (Phi) is 4.50. The smallest absolute Gasteiger partial charge is 0.340 e. The molecule has 0 aromatic carbocycles. The summed E-state index contributed by atoms with van der Waals surface area (Å²) in [6.07, 6.45) is -9.48. The Morgan fingerprint density at radius 3 is 1.43 bits per heavy atom. The molecule has 0 fully saturated rings. The topological polar surface area (TPSA) is 3.24 Å². The summed E-state index contributed by atoms with van der Waals surface area (Å²) >= 11 is 7.42. The Bertz CT molecular complexity index is 193. The number of hydrogen-bond acceptors (Lipinski definition) is 1. The van der Waals surface area contributed by atoms with E-state index in [-0.39, 0.29) is 4.90 Å². The maximum Gasteiger partial charge on any atom is 0.405 e. The van der Waals surface area contributed by atoms with Crippen molar-refractivity contribution in [3.05, 3.63) is 0 Å². The lowest BCUT2D eigenvalue weighted by molar-refractivity contribution is -0.166. The van der Waals surface area contributed by atoms with Gasteiger partial charge in [0, 0.05) is 0 Å². The van der Waals surface area contributed by atoms with Crippen LogP contribution in [-0.2, 0) is 0 Å². The van der Waals surface area contributed by atoms with Crippen LogP contribution in [0, 0.1) is 0 Å². The number of thiol groups is 1. The standard InChI is InChI=1S/C5H5F6NS2/c6-4(7,8)1-12(3(13)14)2-5(9,10)11/h1-2H2,(H,13,14). The van der Waals surface area contributed by atoms with E-state index < -0.39 is 29.8 Å². The second-order valence-corrected chi connectivity index (χ2v) is 3.48. The Labute approximate surface area is 86.5 Å². The zero-order valence-corrected chi connectivity index (χ0v) is 8.20. The second kappa shape index (κ2) is 4.56. The molecule has 0 N–H and O–H groups in total. The number of thiocarbonyl (C=S) groups is 1. The van der Waals surface area contributed by atoms with Gasteiger partial charge in [0.1, 0.15) is 17.4 Å². The molecule has 0 radical (unpaired) electrons. The van der Waals surface area contributed by atoms with E-state index in [4.69, 9.17) is 0 Å². The third kappa shape index (κ3) is 7.25. The van der Waals surface area contributed by atoms with Crippen LogP contribution in [0.25, 0.3) is 0 Å². The molecule has 0 atom stereocenters. The van der Waals surface area contributed by atoms with Crippen molar-refractivity contribution in [2.24, 2.45) is 0 Å². The summed E-state index contributed by atoms with van der Waals surface area (Å²) in [6, 6.07) is 0. The summed E-state index contributed by atoms with van der Waals surface area (Å²) in [4.78, 5) is -0.0710. The highest BCUT2D eigenvalue weighted by Crippen LogP contribution is 2.22. The lowest BCUT2D eigenvalue weighted by Crippen LogP contribution is -2.41. The van der Waals surface area contributed by atoms with Crippen LogP contribution in [0.2, 0.25) is 0 Å². The maximum atomic E-state index is 11.7. The monoisotopic (exact) mass is 257 g/mol.